The van der Waals surface area contributed by atoms with Gasteiger partial charge in [0.2, 0.25) is 0 Å². The van der Waals surface area contributed by atoms with Crippen molar-refractivity contribution in [2.75, 3.05) is 0 Å². The van der Waals surface area contributed by atoms with E-state index >= 15 is 0 Å². The van der Waals surface area contributed by atoms with E-state index in [4.69, 9.17) is 4.74 Å². The summed E-state index contributed by atoms with van der Waals surface area (Å²) in [6, 6.07) is 6.08. The lowest BCUT2D eigenvalue weighted by Gasteiger charge is -2.03. The lowest BCUT2D eigenvalue weighted by atomic mass is 10.3. The van der Waals surface area contributed by atoms with Crippen LogP contribution in [0.4, 0.5) is 4.39 Å². The zero-order chi connectivity index (χ0) is 13.9. The highest BCUT2D eigenvalue weighted by molar-refractivity contribution is 7.13. The molecule has 0 saturated heterocycles. The minimum atomic E-state index is -0.308. The maximum Gasteiger partial charge on any atom is 0.131 e. The molecule has 0 aliphatic carbocycles. The molecule has 102 valence electrons. The summed E-state index contributed by atoms with van der Waals surface area (Å²) in [6.07, 6.45) is 3.69. The average Bonchev–Trinajstić information content (AvgIpc) is 3.05. The van der Waals surface area contributed by atoms with E-state index in [1.54, 1.807) is 23.0 Å². The van der Waals surface area contributed by atoms with E-state index in [9.17, 15) is 4.39 Å². The standard InChI is InChI=1S/C14H12FN3OS/c1-18-7-10(6-16-18)14-17-12(9-20-14)8-19-13-4-2-3-11(15)5-13/h2-7,9H,8H2,1H3. The van der Waals surface area contributed by atoms with Crippen LogP contribution in [0.5, 0.6) is 5.75 Å². The molecule has 4 nitrogen and oxygen atoms in total. The van der Waals surface area contributed by atoms with Gasteiger partial charge >= 0.3 is 0 Å². The Morgan fingerprint density at radius 2 is 2.30 bits per heavy atom. The SMILES string of the molecule is Cn1cc(-c2nc(COc3cccc(F)c3)cs2)cn1. The molecular weight excluding hydrogens is 277 g/mol. The quantitative estimate of drug-likeness (QED) is 0.740. The summed E-state index contributed by atoms with van der Waals surface area (Å²) in [5, 5.41) is 6.95. The van der Waals surface area contributed by atoms with E-state index < -0.39 is 0 Å². The molecule has 0 spiro atoms. The Morgan fingerprint density at radius 1 is 1.40 bits per heavy atom. The maximum atomic E-state index is 13.0. The van der Waals surface area contributed by atoms with E-state index in [0.29, 0.717) is 12.4 Å². The summed E-state index contributed by atoms with van der Waals surface area (Å²) in [7, 11) is 1.87. The van der Waals surface area contributed by atoms with Gasteiger partial charge in [0, 0.05) is 30.3 Å². The Bertz CT molecular complexity index is 723. The number of aryl methyl sites for hydroxylation is 1. The normalized spacial score (nSPS) is 10.7. The van der Waals surface area contributed by atoms with Gasteiger partial charge in [0.1, 0.15) is 23.2 Å². The zero-order valence-corrected chi connectivity index (χ0v) is 11.6. The van der Waals surface area contributed by atoms with Crippen LogP contribution >= 0.6 is 11.3 Å². The summed E-state index contributed by atoms with van der Waals surface area (Å²) in [5.74, 6) is 0.192. The number of hydrogen-bond donors (Lipinski definition) is 0. The van der Waals surface area contributed by atoms with Crippen LogP contribution in [0.3, 0.4) is 0 Å². The number of nitrogens with zero attached hydrogens (tertiary/aromatic N) is 3. The number of benzene rings is 1. The van der Waals surface area contributed by atoms with Crippen molar-refractivity contribution in [1.29, 1.82) is 0 Å². The van der Waals surface area contributed by atoms with Crippen molar-refractivity contribution in [3.63, 3.8) is 0 Å². The predicted octanol–water partition coefficient (Wildman–Crippen LogP) is 3.26. The number of halogens is 1. The van der Waals surface area contributed by atoms with Crippen LogP contribution in [0, 0.1) is 5.82 Å². The number of thiazole rings is 1. The molecule has 0 aliphatic rings. The second kappa shape index (κ2) is 5.42. The Morgan fingerprint density at radius 3 is 3.05 bits per heavy atom. The first kappa shape index (κ1) is 12.8. The molecule has 2 heterocycles. The first-order valence-electron chi connectivity index (χ1n) is 6.02. The average molecular weight is 289 g/mol. The van der Waals surface area contributed by atoms with Crippen LogP contribution < -0.4 is 4.74 Å². The molecule has 20 heavy (non-hydrogen) atoms. The van der Waals surface area contributed by atoms with Crippen LogP contribution in [0.1, 0.15) is 5.69 Å². The molecule has 2 aromatic heterocycles. The van der Waals surface area contributed by atoms with E-state index in [2.05, 4.69) is 10.1 Å². The summed E-state index contributed by atoms with van der Waals surface area (Å²) in [4.78, 5) is 4.48. The molecule has 0 amide bonds. The third-order valence-electron chi connectivity index (χ3n) is 2.69. The monoisotopic (exact) mass is 289 g/mol. The predicted molar refractivity (Wildman–Crippen MR) is 75.0 cm³/mol. The number of hydrogen-bond acceptors (Lipinski definition) is 4. The molecule has 6 heteroatoms. The summed E-state index contributed by atoms with van der Waals surface area (Å²) in [6.45, 7) is 0.320. The largest absolute Gasteiger partial charge is 0.487 e. The lowest BCUT2D eigenvalue weighted by molar-refractivity contribution is 0.300. The van der Waals surface area contributed by atoms with Crippen molar-refractivity contribution < 1.29 is 9.13 Å². The van der Waals surface area contributed by atoms with Crippen LogP contribution in [0.2, 0.25) is 0 Å². The molecule has 0 fully saturated rings. The topological polar surface area (TPSA) is 39.9 Å². The molecule has 0 saturated carbocycles. The highest BCUT2D eigenvalue weighted by Gasteiger charge is 2.07. The van der Waals surface area contributed by atoms with Gasteiger partial charge in [0.25, 0.3) is 0 Å². The second-order valence-corrected chi connectivity index (χ2v) is 5.15. The summed E-state index contributed by atoms with van der Waals surface area (Å²) in [5.41, 5.74) is 1.80. The number of rotatable bonds is 4. The molecular formula is C14H12FN3OS. The Kier molecular flexibility index (Phi) is 3.47. The highest BCUT2D eigenvalue weighted by atomic mass is 32.1. The van der Waals surface area contributed by atoms with Crippen LogP contribution in [0.15, 0.2) is 42.0 Å². The minimum Gasteiger partial charge on any atom is -0.487 e. The van der Waals surface area contributed by atoms with E-state index in [-0.39, 0.29) is 5.82 Å². The van der Waals surface area contributed by atoms with Crippen molar-refractivity contribution in [2.24, 2.45) is 7.05 Å². The first-order chi connectivity index (χ1) is 9.70. The fourth-order valence-corrected chi connectivity index (χ4v) is 2.53. The molecule has 3 rings (SSSR count). The molecule has 0 N–H and O–H groups in total. The van der Waals surface area contributed by atoms with Crippen LogP contribution in [-0.4, -0.2) is 14.8 Å². The zero-order valence-electron chi connectivity index (χ0n) is 10.8. The minimum absolute atomic E-state index is 0.308. The summed E-state index contributed by atoms with van der Waals surface area (Å²) >= 11 is 1.54. The number of aromatic nitrogens is 3. The van der Waals surface area contributed by atoms with Gasteiger partial charge < -0.3 is 4.74 Å². The molecule has 1 aromatic carbocycles. The van der Waals surface area contributed by atoms with E-state index in [1.165, 1.54) is 23.5 Å². The van der Waals surface area contributed by atoms with Gasteiger partial charge in [0.05, 0.1) is 11.9 Å². The fourth-order valence-electron chi connectivity index (χ4n) is 1.75. The third-order valence-corrected chi connectivity index (χ3v) is 3.63. The van der Waals surface area contributed by atoms with Gasteiger partial charge in [-0.3, -0.25) is 4.68 Å². The van der Waals surface area contributed by atoms with Gasteiger partial charge in [-0.2, -0.15) is 5.10 Å². The maximum absolute atomic E-state index is 13.0. The van der Waals surface area contributed by atoms with Gasteiger partial charge in [-0.1, -0.05) is 6.07 Å². The first-order valence-corrected chi connectivity index (χ1v) is 6.90. The smallest absolute Gasteiger partial charge is 0.131 e. The van der Waals surface area contributed by atoms with Gasteiger partial charge in [-0.15, -0.1) is 11.3 Å². The van der Waals surface area contributed by atoms with Crippen LogP contribution in [-0.2, 0) is 13.7 Å². The Hall–Kier alpha value is -2.21. The van der Waals surface area contributed by atoms with Crippen molar-refractivity contribution in [2.45, 2.75) is 6.61 Å². The van der Waals surface area contributed by atoms with Gasteiger partial charge in [-0.05, 0) is 12.1 Å². The Labute approximate surface area is 119 Å². The molecule has 0 bridgehead atoms. The lowest BCUT2D eigenvalue weighted by Crippen LogP contribution is -1.95. The summed E-state index contributed by atoms with van der Waals surface area (Å²) < 4.78 is 20.3. The molecule has 0 aliphatic heterocycles. The highest BCUT2D eigenvalue weighted by Crippen LogP contribution is 2.23. The molecule has 0 unspecified atom stereocenters. The van der Waals surface area contributed by atoms with Gasteiger partial charge in [0.15, 0.2) is 0 Å². The van der Waals surface area contributed by atoms with Crippen molar-refractivity contribution >= 4 is 11.3 Å². The van der Waals surface area contributed by atoms with Crippen molar-refractivity contribution in [3.05, 3.63) is 53.6 Å². The Balaban J connectivity index is 1.68. The van der Waals surface area contributed by atoms with Gasteiger partial charge in [-0.25, -0.2) is 9.37 Å². The van der Waals surface area contributed by atoms with Crippen LogP contribution in [0.25, 0.3) is 10.6 Å². The third kappa shape index (κ3) is 2.85. The molecule has 3 aromatic rings. The molecule has 0 atom stereocenters. The molecule has 0 radical (unpaired) electrons. The van der Waals surface area contributed by atoms with Crippen molar-refractivity contribution in [1.82, 2.24) is 14.8 Å². The second-order valence-electron chi connectivity index (χ2n) is 4.29. The van der Waals surface area contributed by atoms with E-state index in [1.807, 2.05) is 18.6 Å². The van der Waals surface area contributed by atoms with Crippen molar-refractivity contribution in [3.8, 4) is 16.3 Å². The fraction of sp³-hybridized carbons (Fsp3) is 0.143. The van der Waals surface area contributed by atoms with E-state index in [0.717, 1.165) is 16.3 Å². The number of ether oxygens (including phenoxy) is 1.